The summed E-state index contributed by atoms with van der Waals surface area (Å²) in [5.41, 5.74) is 0.125. The molecule has 0 aromatic carbocycles. The number of hydrogen-bond acceptors (Lipinski definition) is 4. The summed E-state index contributed by atoms with van der Waals surface area (Å²) in [6, 6.07) is 0.200. The quantitative estimate of drug-likeness (QED) is 0.384. The molecule has 0 bridgehead atoms. The summed E-state index contributed by atoms with van der Waals surface area (Å²) in [6.45, 7) is 7.19. The average Bonchev–Trinajstić information content (AvgIpc) is 2.60. The molecule has 0 saturated carbocycles. The topological polar surface area (TPSA) is 49.1 Å². The molecule has 0 aromatic rings. The van der Waals surface area contributed by atoms with Gasteiger partial charge >= 0.3 is 5.91 Å². The van der Waals surface area contributed by atoms with Crippen molar-refractivity contribution in [1.29, 1.82) is 0 Å². The Hall–Kier alpha value is -0.160. The minimum Gasteiger partial charge on any atom is -0.302 e. The van der Waals surface area contributed by atoms with Crippen LogP contribution >= 0.6 is 0 Å². The molecule has 1 unspecified atom stereocenters. The Morgan fingerprint density at radius 2 is 2.00 bits per heavy atom. The average molecular weight is 158 g/mol. The zero-order valence-electron chi connectivity index (χ0n) is 7.10. The summed E-state index contributed by atoms with van der Waals surface area (Å²) in [6.07, 6.45) is 0. The summed E-state index contributed by atoms with van der Waals surface area (Å²) in [4.78, 5) is 9.74. The van der Waals surface area contributed by atoms with Crippen molar-refractivity contribution in [3.05, 3.63) is 0 Å². The van der Waals surface area contributed by atoms with Crippen LogP contribution in [-0.2, 0) is 9.78 Å². The van der Waals surface area contributed by atoms with Gasteiger partial charge in [-0.25, -0.2) is 0 Å². The monoisotopic (exact) mass is 158 g/mol. The predicted molar refractivity (Wildman–Crippen MR) is 39.6 cm³/mol. The standard InChI is InChI=1S/C7H14N2O2/c1-5-7(10-11-7)8-4-6(2,3)9-5/h5,8-9H,4H2,1-3H3. The molecule has 2 saturated heterocycles. The van der Waals surface area contributed by atoms with E-state index in [2.05, 4.69) is 24.5 Å². The molecule has 2 heterocycles. The van der Waals surface area contributed by atoms with Crippen LogP contribution in [0.15, 0.2) is 0 Å². The Kier molecular flexibility index (Phi) is 1.33. The van der Waals surface area contributed by atoms with E-state index in [1.165, 1.54) is 0 Å². The van der Waals surface area contributed by atoms with Gasteiger partial charge in [-0.2, -0.15) is 9.78 Å². The largest absolute Gasteiger partial charge is 0.302 e. The number of piperazine rings is 1. The molecule has 64 valence electrons. The second kappa shape index (κ2) is 1.95. The molecule has 1 atom stereocenters. The van der Waals surface area contributed by atoms with Crippen molar-refractivity contribution >= 4 is 0 Å². The third kappa shape index (κ3) is 1.16. The molecule has 4 heteroatoms. The minimum absolute atomic E-state index is 0.125. The van der Waals surface area contributed by atoms with Crippen molar-refractivity contribution in [1.82, 2.24) is 10.6 Å². The van der Waals surface area contributed by atoms with Crippen molar-refractivity contribution in [2.75, 3.05) is 6.54 Å². The molecular weight excluding hydrogens is 144 g/mol. The van der Waals surface area contributed by atoms with Crippen molar-refractivity contribution in [2.45, 2.75) is 38.3 Å². The van der Waals surface area contributed by atoms with Crippen LogP contribution in [0.2, 0.25) is 0 Å². The van der Waals surface area contributed by atoms with Crippen molar-refractivity contribution in [2.24, 2.45) is 0 Å². The molecule has 2 fully saturated rings. The van der Waals surface area contributed by atoms with E-state index in [1.807, 2.05) is 6.92 Å². The van der Waals surface area contributed by atoms with Crippen molar-refractivity contribution < 1.29 is 9.78 Å². The van der Waals surface area contributed by atoms with Gasteiger partial charge in [0.05, 0.1) is 6.04 Å². The zero-order chi connectivity index (χ0) is 8.11. The first-order valence-electron chi connectivity index (χ1n) is 3.94. The first kappa shape index (κ1) is 7.49. The van der Waals surface area contributed by atoms with Crippen LogP contribution in [0.3, 0.4) is 0 Å². The van der Waals surface area contributed by atoms with E-state index in [0.29, 0.717) is 0 Å². The molecule has 0 radical (unpaired) electrons. The second-order valence-electron chi connectivity index (χ2n) is 3.94. The van der Waals surface area contributed by atoms with Gasteiger partial charge in [-0.3, -0.25) is 5.32 Å². The fourth-order valence-electron chi connectivity index (χ4n) is 1.48. The predicted octanol–water partition coefficient (Wildman–Crippen LogP) is -0.0381. The van der Waals surface area contributed by atoms with E-state index in [1.54, 1.807) is 0 Å². The lowest BCUT2D eigenvalue weighted by Gasteiger charge is -2.37. The van der Waals surface area contributed by atoms with Crippen LogP contribution in [0.25, 0.3) is 0 Å². The fourth-order valence-corrected chi connectivity index (χ4v) is 1.48. The highest BCUT2D eigenvalue weighted by atomic mass is 17.4. The molecule has 2 aliphatic heterocycles. The van der Waals surface area contributed by atoms with Crippen molar-refractivity contribution in [3.8, 4) is 0 Å². The van der Waals surface area contributed by atoms with Crippen LogP contribution < -0.4 is 10.6 Å². The van der Waals surface area contributed by atoms with Gasteiger partial charge in [0.2, 0.25) is 0 Å². The lowest BCUT2D eigenvalue weighted by atomic mass is 9.99. The first-order valence-corrected chi connectivity index (χ1v) is 3.94. The van der Waals surface area contributed by atoms with Gasteiger partial charge in [0, 0.05) is 12.1 Å². The molecule has 1 spiro atoms. The molecule has 2 rings (SSSR count). The van der Waals surface area contributed by atoms with Gasteiger partial charge in [0.1, 0.15) is 0 Å². The molecular formula is C7H14N2O2. The lowest BCUT2D eigenvalue weighted by Crippen LogP contribution is -2.66. The highest BCUT2D eigenvalue weighted by molar-refractivity contribution is 4.97. The van der Waals surface area contributed by atoms with Gasteiger partial charge in [0.15, 0.2) is 0 Å². The van der Waals surface area contributed by atoms with E-state index < -0.39 is 5.91 Å². The first-order chi connectivity index (χ1) is 5.04. The van der Waals surface area contributed by atoms with E-state index in [-0.39, 0.29) is 11.6 Å². The minimum atomic E-state index is -0.518. The maximum absolute atomic E-state index is 4.87. The van der Waals surface area contributed by atoms with Crippen LogP contribution in [0, 0.1) is 0 Å². The Labute approximate surface area is 66.2 Å². The lowest BCUT2D eigenvalue weighted by molar-refractivity contribution is 0.0850. The Bertz CT molecular complexity index is 177. The summed E-state index contributed by atoms with van der Waals surface area (Å²) in [5.74, 6) is -0.518. The van der Waals surface area contributed by atoms with Gasteiger partial charge in [0.25, 0.3) is 0 Å². The summed E-state index contributed by atoms with van der Waals surface area (Å²) < 4.78 is 0. The zero-order valence-corrected chi connectivity index (χ0v) is 7.10. The van der Waals surface area contributed by atoms with Gasteiger partial charge < -0.3 is 5.32 Å². The van der Waals surface area contributed by atoms with Crippen LogP contribution in [0.1, 0.15) is 20.8 Å². The summed E-state index contributed by atoms with van der Waals surface area (Å²) >= 11 is 0. The van der Waals surface area contributed by atoms with Crippen molar-refractivity contribution in [3.63, 3.8) is 0 Å². The van der Waals surface area contributed by atoms with E-state index in [0.717, 1.165) is 6.54 Å². The van der Waals surface area contributed by atoms with E-state index >= 15 is 0 Å². The highest BCUT2D eigenvalue weighted by Gasteiger charge is 2.57. The van der Waals surface area contributed by atoms with Crippen LogP contribution in [-0.4, -0.2) is 24.0 Å². The SMILES string of the molecule is CC1NC(C)(C)CNC12OO2. The van der Waals surface area contributed by atoms with Crippen LogP contribution in [0.5, 0.6) is 0 Å². The Morgan fingerprint density at radius 1 is 1.36 bits per heavy atom. The molecule has 0 amide bonds. The summed E-state index contributed by atoms with van der Waals surface area (Å²) in [5, 5.41) is 6.60. The van der Waals surface area contributed by atoms with E-state index in [9.17, 15) is 0 Å². The van der Waals surface area contributed by atoms with Gasteiger partial charge in [-0.05, 0) is 20.8 Å². The normalized spacial score (nSPS) is 39.0. The third-order valence-corrected chi connectivity index (χ3v) is 2.22. The number of nitrogens with one attached hydrogen (secondary N) is 2. The third-order valence-electron chi connectivity index (χ3n) is 2.22. The van der Waals surface area contributed by atoms with Gasteiger partial charge in [-0.1, -0.05) is 0 Å². The Balaban J connectivity index is 2.05. The molecule has 0 aliphatic carbocycles. The maximum Gasteiger partial charge on any atom is 0.302 e. The Morgan fingerprint density at radius 3 is 2.45 bits per heavy atom. The van der Waals surface area contributed by atoms with Crippen LogP contribution in [0.4, 0.5) is 0 Å². The summed E-state index contributed by atoms with van der Waals surface area (Å²) in [7, 11) is 0. The van der Waals surface area contributed by atoms with Gasteiger partial charge in [-0.15, -0.1) is 0 Å². The fraction of sp³-hybridized carbons (Fsp3) is 1.00. The smallest absolute Gasteiger partial charge is 0.302 e. The maximum atomic E-state index is 4.87. The molecule has 11 heavy (non-hydrogen) atoms. The molecule has 4 nitrogen and oxygen atoms in total. The molecule has 0 aromatic heterocycles. The molecule has 2 aliphatic rings. The number of rotatable bonds is 0. The molecule has 2 N–H and O–H groups in total. The van der Waals surface area contributed by atoms with E-state index in [4.69, 9.17) is 9.78 Å². The highest BCUT2D eigenvalue weighted by Crippen LogP contribution is 2.33. The number of hydrogen-bond donors (Lipinski definition) is 2. The second-order valence-corrected chi connectivity index (χ2v) is 3.94.